The van der Waals surface area contributed by atoms with Crippen LogP contribution in [0.1, 0.15) is 28.3 Å². The minimum Gasteiger partial charge on any atom is -0.324 e. The Labute approximate surface area is 114 Å². The molecule has 0 aromatic heterocycles. The number of rotatable bonds is 3. The van der Waals surface area contributed by atoms with Gasteiger partial charge in [0.25, 0.3) is 0 Å². The van der Waals surface area contributed by atoms with Crippen LogP contribution in [-0.4, -0.2) is 0 Å². The maximum Gasteiger partial charge on any atom is 0.0408 e. The van der Waals surface area contributed by atoms with Gasteiger partial charge in [-0.25, -0.2) is 0 Å². The molecule has 1 nitrogen and oxygen atoms in total. The van der Waals surface area contributed by atoms with Crippen molar-refractivity contribution in [2.45, 2.75) is 26.3 Å². The highest BCUT2D eigenvalue weighted by molar-refractivity contribution is 6.30. The molecule has 2 aromatic rings. The molecular formula is C16H18ClN. The van der Waals surface area contributed by atoms with Crippen LogP contribution in [0, 0.1) is 13.8 Å². The molecule has 0 spiro atoms. The van der Waals surface area contributed by atoms with E-state index >= 15 is 0 Å². The van der Waals surface area contributed by atoms with Gasteiger partial charge in [0.1, 0.15) is 0 Å². The van der Waals surface area contributed by atoms with Gasteiger partial charge in [0, 0.05) is 11.1 Å². The predicted molar refractivity (Wildman–Crippen MR) is 78.0 cm³/mol. The number of nitrogens with two attached hydrogens (primary N) is 1. The number of halogens is 1. The standard InChI is InChI=1S/C16H18ClN/c1-11-6-12(2)8-14(7-11)16(18)10-13-4-3-5-15(17)9-13/h3-9,16H,10,18H2,1-2H3. The SMILES string of the molecule is Cc1cc(C)cc(C(N)Cc2cccc(Cl)c2)c1. The van der Waals surface area contributed by atoms with Crippen molar-refractivity contribution in [2.24, 2.45) is 5.73 Å². The number of hydrogen-bond acceptors (Lipinski definition) is 1. The molecule has 0 amide bonds. The fourth-order valence-corrected chi connectivity index (χ4v) is 2.47. The van der Waals surface area contributed by atoms with Gasteiger partial charge in [0.15, 0.2) is 0 Å². The van der Waals surface area contributed by atoms with Crippen LogP contribution < -0.4 is 5.73 Å². The topological polar surface area (TPSA) is 26.0 Å². The van der Waals surface area contributed by atoms with Crippen molar-refractivity contribution >= 4 is 11.6 Å². The molecule has 0 aliphatic heterocycles. The Morgan fingerprint density at radius 1 is 1.06 bits per heavy atom. The zero-order valence-corrected chi connectivity index (χ0v) is 11.5. The molecule has 0 saturated heterocycles. The van der Waals surface area contributed by atoms with Gasteiger partial charge in [0.05, 0.1) is 0 Å². The molecule has 0 aliphatic carbocycles. The maximum atomic E-state index is 6.27. The number of aryl methyl sites for hydroxylation is 2. The van der Waals surface area contributed by atoms with Gasteiger partial charge in [-0.05, 0) is 43.5 Å². The lowest BCUT2D eigenvalue weighted by molar-refractivity contribution is 0.720. The molecule has 2 aromatic carbocycles. The third kappa shape index (κ3) is 3.34. The van der Waals surface area contributed by atoms with Crippen LogP contribution >= 0.6 is 11.6 Å². The van der Waals surface area contributed by atoms with Crippen LogP contribution in [0.4, 0.5) is 0 Å². The zero-order valence-electron chi connectivity index (χ0n) is 10.8. The van der Waals surface area contributed by atoms with Crippen molar-refractivity contribution in [2.75, 3.05) is 0 Å². The van der Waals surface area contributed by atoms with Crippen LogP contribution in [0.3, 0.4) is 0 Å². The lowest BCUT2D eigenvalue weighted by Crippen LogP contribution is -2.13. The summed E-state index contributed by atoms with van der Waals surface area (Å²) in [5.41, 5.74) is 11.1. The predicted octanol–water partition coefficient (Wildman–Crippen LogP) is 4.20. The van der Waals surface area contributed by atoms with E-state index in [1.54, 1.807) is 0 Å². The minimum absolute atomic E-state index is 0.0158. The molecule has 1 atom stereocenters. The summed E-state index contributed by atoms with van der Waals surface area (Å²) in [6, 6.07) is 14.4. The largest absolute Gasteiger partial charge is 0.324 e. The molecule has 2 rings (SSSR count). The van der Waals surface area contributed by atoms with Gasteiger partial charge in [-0.15, -0.1) is 0 Å². The number of hydrogen-bond donors (Lipinski definition) is 1. The minimum atomic E-state index is 0.0158. The van der Waals surface area contributed by atoms with Crippen LogP contribution in [0.15, 0.2) is 42.5 Å². The number of benzene rings is 2. The monoisotopic (exact) mass is 259 g/mol. The van der Waals surface area contributed by atoms with Crippen molar-refractivity contribution in [1.29, 1.82) is 0 Å². The Morgan fingerprint density at radius 3 is 2.33 bits per heavy atom. The van der Waals surface area contributed by atoms with E-state index < -0.39 is 0 Å². The van der Waals surface area contributed by atoms with Crippen molar-refractivity contribution in [3.8, 4) is 0 Å². The third-order valence-corrected chi connectivity index (χ3v) is 3.25. The van der Waals surface area contributed by atoms with Gasteiger partial charge in [-0.2, -0.15) is 0 Å². The maximum absolute atomic E-state index is 6.27. The van der Waals surface area contributed by atoms with Gasteiger partial charge in [-0.1, -0.05) is 53.1 Å². The van der Waals surface area contributed by atoms with Crippen LogP contribution in [0.2, 0.25) is 5.02 Å². The Hall–Kier alpha value is -1.31. The highest BCUT2D eigenvalue weighted by Crippen LogP contribution is 2.20. The Morgan fingerprint density at radius 2 is 1.72 bits per heavy atom. The first kappa shape index (κ1) is 13.1. The molecule has 0 bridgehead atoms. The normalized spacial score (nSPS) is 12.4. The Balaban J connectivity index is 2.19. The lowest BCUT2D eigenvalue weighted by atomic mass is 9.97. The van der Waals surface area contributed by atoms with E-state index in [0.717, 1.165) is 11.4 Å². The summed E-state index contributed by atoms with van der Waals surface area (Å²) in [5.74, 6) is 0. The summed E-state index contributed by atoms with van der Waals surface area (Å²) in [6.45, 7) is 4.20. The second-order valence-electron chi connectivity index (χ2n) is 4.86. The van der Waals surface area contributed by atoms with Gasteiger partial charge in [0.2, 0.25) is 0 Å². The zero-order chi connectivity index (χ0) is 13.1. The summed E-state index contributed by atoms with van der Waals surface area (Å²) in [6.07, 6.45) is 0.809. The van der Waals surface area contributed by atoms with E-state index in [4.69, 9.17) is 17.3 Å². The molecule has 18 heavy (non-hydrogen) atoms. The summed E-state index contributed by atoms with van der Waals surface area (Å²) in [4.78, 5) is 0. The van der Waals surface area contributed by atoms with Crippen LogP contribution in [-0.2, 0) is 6.42 Å². The average Bonchev–Trinajstić information content (AvgIpc) is 2.27. The highest BCUT2D eigenvalue weighted by atomic mass is 35.5. The van der Waals surface area contributed by atoms with Crippen molar-refractivity contribution in [3.63, 3.8) is 0 Å². The third-order valence-electron chi connectivity index (χ3n) is 3.02. The molecule has 2 heteroatoms. The van der Waals surface area contributed by atoms with Crippen LogP contribution in [0.5, 0.6) is 0 Å². The fourth-order valence-electron chi connectivity index (χ4n) is 2.26. The molecule has 0 aliphatic rings. The second-order valence-corrected chi connectivity index (χ2v) is 5.30. The summed E-state index contributed by atoms with van der Waals surface area (Å²) in [5, 5.41) is 0.764. The Kier molecular flexibility index (Phi) is 4.05. The molecule has 94 valence electrons. The first-order valence-corrected chi connectivity index (χ1v) is 6.50. The van der Waals surface area contributed by atoms with Crippen molar-refractivity contribution in [3.05, 3.63) is 69.7 Å². The summed E-state index contributed by atoms with van der Waals surface area (Å²) >= 11 is 5.98. The lowest BCUT2D eigenvalue weighted by Gasteiger charge is -2.14. The van der Waals surface area contributed by atoms with Gasteiger partial charge >= 0.3 is 0 Å². The average molecular weight is 260 g/mol. The first-order valence-electron chi connectivity index (χ1n) is 6.13. The fraction of sp³-hybridized carbons (Fsp3) is 0.250. The van der Waals surface area contributed by atoms with E-state index in [9.17, 15) is 0 Å². The molecular weight excluding hydrogens is 242 g/mol. The van der Waals surface area contributed by atoms with E-state index in [2.05, 4.69) is 38.1 Å². The quantitative estimate of drug-likeness (QED) is 0.878. The molecule has 0 fully saturated rings. The van der Waals surface area contributed by atoms with Crippen molar-refractivity contribution < 1.29 is 0 Å². The van der Waals surface area contributed by atoms with E-state index in [1.807, 2.05) is 18.2 Å². The molecule has 1 unspecified atom stereocenters. The van der Waals surface area contributed by atoms with E-state index in [0.29, 0.717) is 0 Å². The van der Waals surface area contributed by atoms with E-state index in [-0.39, 0.29) is 6.04 Å². The molecule has 0 saturated carbocycles. The summed E-state index contributed by atoms with van der Waals surface area (Å²) < 4.78 is 0. The Bertz CT molecular complexity index is 528. The van der Waals surface area contributed by atoms with Crippen LogP contribution in [0.25, 0.3) is 0 Å². The molecule has 0 radical (unpaired) electrons. The van der Waals surface area contributed by atoms with Gasteiger partial charge in [-0.3, -0.25) is 0 Å². The highest BCUT2D eigenvalue weighted by Gasteiger charge is 2.08. The molecule has 2 N–H and O–H groups in total. The van der Waals surface area contributed by atoms with Crippen molar-refractivity contribution in [1.82, 2.24) is 0 Å². The summed E-state index contributed by atoms with van der Waals surface area (Å²) in [7, 11) is 0. The second kappa shape index (κ2) is 5.55. The van der Waals surface area contributed by atoms with Gasteiger partial charge < -0.3 is 5.73 Å². The van der Waals surface area contributed by atoms with E-state index in [1.165, 1.54) is 22.3 Å². The smallest absolute Gasteiger partial charge is 0.0408 e. The first-order chi connectivity index (χ1) is 8.54. The molecule has 0 heterocycles.